The molecule has 2 aromatic heterocycles. The lowest BCUT2D eigenvalue weighted by Crippen LogP contribution is -2.57. The number of piperazine rings is 1. The van der Waals surface area contributed by atoms with Crippen molar-refractivity contribution in [3.05, 3.63) is 70.7 Å². The second kappa shape index (κ2) is 12.5. The van der Waals surface area contributed by atoms with Gasteiger partial charge in [-0.2, -0.15) is 9.97 Å². The first kappa shape index (κ1) is 30.0. The summed E-state index contributed by atoms with van der Waals surface area (Å²) in [7, 11) is 2.11. The van der Waals surface area contributed by atoms with Crippen LogP contribution in [0, 0.1) is 6.57 Å². The quantitative estimate of drug-likeness (QED) is 0.256. The van der Waals surface area contributed by atoms with E-state index in [1.165, 1.54) is 17.7 Å². The van der Waals surface area contributed by atoms with Gasteiger partial charge in [-0.1, -0.05) is 30.3 Å². The van der Waals surface area contributed by atoms with Gasteiger partial charge < -0.3 is 24.3 Å². The predicted molar refractivity (Wildman–Crippen MR) is 169 cm³/mol. The number of hydrogen-bond acceptors (Lipinski definition) is 8. The van der Waals surface area contributed by atoms with Crippen LogP contribution >= 0.6 is 11.6 Å². The maximum absolute atomic E-state index is 13.8. The van der Waals surface area contributed by atoms with Crippen LogP contribution < -0.4 is 14.5 Å². The van der Waals surface area contributed by atoms with Crippen molar-refractivity contribution in [1.29, 1.82) is 0 Å². The van der Waals surface area contributed by atoms with Crippen molar-refractivity contribution in [2.24, 2.45) is 0 Å². The summed E-state index contributed by atoms with van der Waals surface area (Å²) in [6.45, 7) is 15.7. The van der Waals surface area contributed by atoms with E-state index in [-0.39, 0.29) is 19.2 Å². The largest absolute Gasteiger partial charge is 0.459 e. The van der Waals surface area contributed by atoms with Gasteiger partial charge in [0.25, 0.3) is 5.91 Å². The molecular weight excluding hydrogens is 583 g/mol. The SMILES string of the molecule is [C-]#[N+]C[C@H]1CN(c2nc(O[C@@H](C)CN(C)C3CC3)nc3c2CCN(c2cncc4cccc(Cl)c24)C3)CCN1C(=O)C(=C)F. The number of hydrogen-bond donors (Lipinski definition) is 0. The van der Waals surface area contributed by atoms with E-state index in [2.05, 4.69) is 38.2 Å². The Bertz CT molecular complexity index is 1620. The van der Waals surface area contributed by atoms with Gasteiger partial charge in [0, 0.05) is 61.3 Å². The molecule has 6 rings (SSSR count). The normalized spacial score (nSPS) is 19.1. The van der Waals surface area contributed by atoms with E-state index in [4.69, 9.17) is 32.9 Å². The number of anilines is 2. The summed E-state index contributed by atoms with van der Waals surface area (Å²) in [4.78, 5) is 38.4. The highest BCUT2D eigenvalue weighted by atomic mass is 35.5. The molecule has 0 bridgehead atoms. The van der Waals surface area contributed by atoms with Crippen LogP contribution in [0.15, 0.2) is 43.0 Å². The van der Waals surface area contributed by atoms with E-state index in [9.17, 15) is 9.18 Å². The topological polar surface area (TPSA) is 82.3 Å². The van der Waals surface area contributed by atoms with Crippen molar-refractivity contribution in [2.45, 2.75) is 50.9 Å². The molecule has 0 radical (unpaired) electrons. The summed E-state index contributed by atoms with van der Waals surface area (Å²) < 4.78 is 20.2. The number of benzene rings is 1. The molecular formula is C32H36ClFN8O2. The average molecular weight is 619 g/mol. The van der Waals surface area contributed by atoms with Crippen LogP contribution in [-0.2, 0) is 17.8 Å². The third-order valence-corrected chi connectivity index (χ3v) is 8.99. The molecule has 3 aliphatic rings. The lowest BCUT2D eigenvalue weighted by molar-refractivity contribution is -0.131. The van der Waals surface area contributed by atoms with Crippen LogP contribution in [-0.4, -0.2) is 95.2 Å². The first-order valence-corrected chi connectivity index (χ1v) is 15.4. The number of aromatic nitrogens is 3. The Labute approximate surface area is 261 Å². The Morgan fingerprint density at radius 3 is 2.82 bits per heavy atom. The van der Waals surface area contributed by atoms with Crippen LogP contribution in [0.25, 0.3) is 15.6 Å². The van der Waals surface area contributed by atoms with E-state index in [1.807, 2.05) is 37.5 Å². The van der Waals surface area contributed by atoms with Gasteiger partial charge in [-0.3, -0.25) is 14.7 Å². The summed E-state index contributed by atoms with van der Waals surface area (Å²) in [5.74, 6) is -1.04. The molecule has 2 atom stereocenters. The summed E-state index contributed by atoms with van der Waals surface area (Å²) >= 11 is 6.66. The van der Waals surface area contributed by atoms with Crippen molar-refractivity contribution in [3.8, 4) is 6.01 Å². The van der Waals surface area contributed by atoms with Gasteiger partial charge in [0.05, 0.1) is 29.1 Å². The minimum atomic E-state index is -1.02. The van der Waals surface area contributed by atoms with Crippen molar-refractivity contribution >= 4 is 39.8 Å². The minimum absolute atomic E-state index is 0.0549. The fraction of sp³-hybridized carbons (Fsp3) is 0.469. The molecule has 12 heteroatoms. The smallest absolute Gasteiger partial charge is 0.318 e. The molecule has 0 spiro atoms. The third-order valence-electron chi connectivity index (χ3n) is 8.67. The zero-order valence-electron chi connectivity index (χ0n) is 25.0. The zero-order chi connectivity index (χ0) is 31.0. The highest BCUT2D eigenvalue weighted by Crippen LogP contribution is 2.37. The lowest BCUT2D eigenvalue weighted by Gasteiger charge is -2.41. The molecule has 10 nitrogen and oxygen atoms in total. The molecule has 44 heavy (non-hydrogen) atoms. The van der Waals surface area contributed by atoms with E-state index in [0.29, 0.717) is 49.7 Å². The molecule has 0 N–H and O–H groups in total. The number of ether oxygens (including phenoxy) is 1. The number of carbonyl (C=O) groups excluding carboxylic acids is 1. The van der Waals surface area contributed by atoms with Gasteiger partial charge in [-0.15, -0.1) is 0 Å². The zero-order valence-corrected chi connectivity index (χ0v) is 25.8. The Morgan fingerprint density at radius 2 is 2.07 bits per heavy atom. The number of pyridine rings is 1. The molecule has 2 aliphatic heterocycles. The molecule has 0 unspecified atom stereocenters. The second-order valence-corrected chi connectivity index (χ2v) is 12.3. The summed E-state index contributed by atoms with van der Waals surface area (Å²) in [5, 5.41) is 2.59. The van der Waals surface area contributed by atoms with Gasteiger partial charge in [0.1, 0.15) is 18.0 Å². The Balaban J connectivity index is 1.33. The standard InChI is InChI=1S/C32H36ClFN8O2/c1-20(17-39(4)23-8-9-23)44-32-37-27-19-40(28-16-36-14-22-6-5-7-26(33)29(22)28)11-10-25(27)30(38-32)41-12-13-42(31(43)21(2)34)24(18-41)15-35-3/h5-7,14,16,20,23-24H,2,8-13,15,17-19H2,1,4H3/t20-,24-/m0/s1. The highest BCUT2D eigenvalue weighted by Gasteiger charge is 2.36. The molecule has 1 amide bonds. The minimum Gasteiger partial charge on any atom is -0.459 e. The van der Waals surface area contributed by atoms with E-state index < -0.39 is 17.8 Å². The number of likely N-dealkylation sites (N-methyl/N-ethyl adjacent to an activating group) is 1. The fourth-order valence-electron chi connectivity index (χ4n) is 6.34. The van der Waals surface area contributed by atoms with Crippen LogP contribution in [0.2, 0.25) is 5.02 Å². The third kappa shape index (κ3) is 6.14. The molecule has 3 aromatic rings. The van der Waals surface area contributed by atoms with Crippen molar-refractivity contribution in [1.82, 2.24) is 24.8 Å². The number of rotatable bonds is 9. The van der Waals surface area contributed by atoms with Crippen molar-refractivity contribution in [2.75, 3.05) is 56.1 Å². The first-order chi connectivity index (χ1) is 21.2. The molecule has 1 saturated carbocycles. The van der Waals surface area contributed by atoms with Gasteiger partial charge in [0.15, 0.2) is 5.83 Å². The van der Waals surface area contributed by atoms with Gasteiger partial charge in [-0.25, -0.2) is 11.0 Å². The maximum Gasteiger partial charge on any atom is 0.318 e. The molecule has 1 saturated heterocycles. The van der Waals surface area contributed by atoms with E-state index in [0.717, 1.165) is 40.1 Å². The van der Waals surface area contributed by atoms with Crippen LogP contribution in [0.5, 0.6) is 6.01 Å². The molecule has 1 aromatic carbocycles. The number of fused-ring (bicyclic) bond motifs is 2. The summed E-state index contributed by atoms with van der Waals surface area (Å²) in [6, 6.07) is 6.22. The Morgan fingerprint density at radius 1 is 1.25 bits per heavy atom. The monoisotopic (exact) mass is 618 g/mol. The van der Waals surface area contributed by atoms with Crippen LogP contribution in [0.1, 0.15) is 31.0 Å². The van der Waals surface area contributed by atoms with E-state index >= 15 is 0 Å². The molecule has 230 valence electrons. The number of nitrogens with zero attached hydrogens (tertiary/aromatic N) is 8. The second-order valence-electron chi connectivity index (χ2n) is 11.9. The maximum atomic E-state index is 13.8. The van der Waals surface area contributed by atoms with Gasteiger partial charge in [-0.05, 0) is 39.3 Å². The first-order valence-electron chi connectivity index (χ1n) is 15.0. The van der Waals surface area contributed by atoms with Crippen LogP contribution in [0.4, 0.5) is 15.9 Å². The van der Waals surface area contributed by atoms with Crippen LogP contribution in [0.3, 0.4) is 0 Å². The van der Waals surface area contributed by atoms with E-state index in [1.54, 1.807) is 0 Å². The predicted octanol–water partition coefficient (Wildman–Crippen LogP) is 4.52. The lowest BCUT2D eigenvalue weighted by atomic mass is 10.0. The molecule has 1 aliphatic carbocycles. The summed E-state index contributed by atoms with van der Waals surface area (Å²) in [6.07, 6.45) is 6.62. The fourth-order valence-corrected chi connectivity index (χ4v) is 6.62. The number of amides is 1. The molecule has 4 heterocycles. The highest BCUT2D eigenvalue weighted by molar-refractivity contribution is 6.36. The van der Waals surface area contributed by atoms with Crippen molar-refractivity contribution < 1.29 is 13.9 Å². The molecule has 2 fully saturated rings. The summed E-state index contributed by atoms with van der Waals surface area (Å²) in [5.41, 5.74) is 2.80. The number of halogens is 2. The average Bonchev–Trinajstić information content (AvgIpc) is 3.86. The van der Waals surface area contributed by atoms with Crippen molar-refractivity contribution in [3.63, 3.8) is 0 Å². The van der Waals surface area contributed by atoms with Gasteiger partial charge in [0.2, 0.25) is 6.54 Å². The number of carbonyl (C=O) groups is 1. The van der Waals surface area contributed by atoms with Gasteiger partial charge >= 0.3 is 6.01 Å². The Kier molecular flexibility index (Phi) is 8.56. The Hall–Kier alpha value is -4.01.